The van der Waals surface area contributed by atoms with Crippen molar-refractivity contribution in [3.8, 4) is 5.75 Å². The van der Waals surface area contributed by atoms with Gasteiger partial charge in [0.05, 0.1) is 0 Å². The van der Waals surface area contributed by atoms with Crippen LogP contribution in [0.4, 0.5) is 0 Å². The lowest BCUT2D eigenvalue weighted by Gasteiger charge is -2.11. The summed E-state index contributed by atoms with van der Waals surface area (Å²) in [7, 11) is 0. The van der Waals surface area contributed by atoms with Crippen molar-refractivity contribution in [3.05, 3.63) is 29.8 Å². The molecule has 1 unspecified atom stereocenters. The second-order valence-corrected chi connectivity index (χ2v) is 2.68. The first-order chi connectivity index (χ1) is 5.75. The van der Waals surface area contributed by atoms with E-state index in [9.17, 15) is 5.11 Å². The molecule has 0 aliphatic heterocycles. The molecular formula is C9H14ClNO2. The van der Waals surface area contributed by atoms with Crippen molar-refractivity contribution < 1.29 is 10.2 Å². The number of para-hydroxylation sites is 1. The summed E-state index contributed by atoms with van der Waals surface area (Å²) < 4.78 is 0. The molecule has 1 aromatic rings. The molecule has 3 nitrogen and oxygen atoms in total. The minimum atomic E-state index is -0.281. The topological polar surface area (TPSA) is 66.5 Å². The van der Waals surface area contributed by atoms with Crippen LogP contribution in [0.15, 0.2) is 24.3 Å². The average Bonchev–Trinajstić information content (AvgIpc) is 2.05. The van der Waals surface area contributed by atoms with E-state index in [1.165, 1.54) is 0 Å². The van der Waals surface area contributed by atoms with Gasteiger partial charge in [0.25, 0.3) is 0 Å². The van der Waals surface area contributed by atoms with Crippen LogP contribution in [0.25, 0.3) is 0 Å². The van der Waals surface area contributed by atoms with Crippen LogP contribution >= 0.6 is 12.4 Å². The molecule has 0 radical (unpaired) electrons. The summed E-state index contributed by atoms with van der Waals surface area (Å²) >= 11 is 0. The maximum absolute atomic E-state index is 9.35. The highest BCUT2D eigenvalue weighted by Gasteiger charge is 2.08. The van der Waals surface area contributed by atoms with Crippen LogP contribution in [0.5, 0.6) is 5.75 Å². The van der Waals surface area contributed by atoms with Gasteiger partial charge in [-0.25, -0.2) is 0 Å². The standard InChI is InChI=1S/C9H13NO2.ClH/c10-8(5-6-11)7-3-1-2-4-9(7)12;/h1-4,8,11-12H,5-6,10H2;1H. The Balaban J connectivity index is 0.00000144. The van der Waals surface area contributed by atoms with Crippen molar-refractivity contribution in [1.29, 1.82) is 0 Å². The molecule has 0 amide bonds. The van der Waals surface area contributed by atoms with Gasteiger partial charge in [0.1, 0.15) is 5.75 Å². The van der Waals surface area contributed by atoms with E-state index in [4.69, 9.17) is 10.8 Å². The van der Waals surface area contributed by atoms with Crippen LogP contribution in [0.3, 0.4) is 0 Å². The van der Waals surface area contributed by atoms with Gasteiger partial charge in [-0.3, -0.25) is 0 Å². The van der Waals surface area contributed by atoms with Crippen LogP contribution in [-0.4, -0.2) is 16.8 Å². The van der Waals surface area contributed by atoms with Gasteiger partial charge >= 0.3 is 0 Å². The Kier molecular flexibility index (Phi) is 5.46. The highest BCUT2D eigenvalue weighted by Crippen LogP contribution is 2.23. The third-order valence-corrected chi connectivity index (χ3v) is 1.78. The van der Waals surface area contributed by atoms with Crippen LogP contribution in [0.1, 0.15) is 18.0 Å². The van der Waals surface area contributed by atoms with Gasteiger partial charge in [0.15, 0.2) is 0 Å². The molecule has 1 aromatic carbocycles. The van der Waals surface area contributed by atoms with Crippen LogP contribution in [0.2, 0.25) is 0 Å². The molecule has 0 saturated heterocycles. The van der Waals surface area contributed by atoms with E-state index in [1.54, 1.807) is 18.2 Å². The van der Waals surface area contributed by atoms with Gasteiger partial charge in [-0.1, -0.05) is 18.2 Å². The Hall–Kier alpha value is -0.770. The number of phenolic OH excluding ortho intramolecular Hbond substituents is 1. The molecule has 0 bridgehead atoms. The Morgan fingerprint density at radius 1 is 1.31 bits per heavy atom. The molecule has 0 heterocycles. The molecule has 0 saturated carbocycles. The number of nitrogens with two attached hydrogens (primary N) is 1. The lowest BCUT2D eigenvalue weighted by Crippen LogP contribution is -2.11. The van der Waals surface area contributed by atoms with Gasteiger partial charge in [0.2, 0.25) is 0 Å². The number of hydrogen-bond acceptors (Lipinski definition) is 3. The van der Waals surface area contributed by atoms with Crippen LogP contribution in [-0.2, 0) is 0 Å². The van der Waals surface area contributed by atoms with E-state index in [1.807, 2.05) is 6.07 Å². The highest BCUT2D eigenvalue weighted by molar-refractivity contribution is 5.85. The largest absolute Gasteiger partial charge is 0.508 e. The number of hydrogen-bond donors (Lipinski definition) is 3. The Bertz CT molecular complexity index is 255. The average molecular weight is 204 g/mol. The number of aliphatic hydroxyl groups is 1. The minimum absolute atomic E-state index is 0. The number of aromatic hydroxyl groups is 1. The lowest BCUT2D eigenvalue weighted by molar-refractivity contribution is 0.275. The first-order valence-electron chi connectivity index (χ1n) is 3.90. The van der Waals surface area contributed by atoms with E-state index in [0.29, 0.717) is 12.0 Å². The first kappa shape index (κ1) is 12.2. The molecule has 4 N–H and O–H groups in total. The summed E-state index contributed by atoms with van der Waals surface area (Å²) in [5, 5.41) is 18.0. The van der Waals surface area contributed by atoms with Gasteiger partial charge in [-0.2, -0.15) is 0 Å². The van der Waals surface area contributed by atoms with Crippen LogP contribution < -0.4 is 5.73 Å². The third kappa shape index (κ3) is 3.22. The fourth-order valence-corrected chi connectivity index (χ4v) is 1.10. The molecule has 0 fully saturated rings. The van der Waals surface area contributed by atoms with Gasteiger partial charge in [-0.15, -0.1) is 12.4 Å². The van der Waals surface area contributed by atoms with Crippen molar-refractivity contribution in [1.82, 2.24) is 0 Å². The number of halogens is 1. The second kappa shape index (κ2) is 5.80. The monoisotopic (exact) mass is 203 g/mol. The third-order valence-electron chi connectivity index (χ3n) is 1.78. The van der Waals surface area contributed by atoms with Crippen molar-refractivity contribution >= 4 is 12.4 Å². The zero-order valence-corrected chi connectivity index (χ0v) is 8.00. The molecule has 74 valence electrons. The summed E-state index contributed by atoms with van der Waals surface area (Å²) in [4.78, 5) is 0. The van der Waals surface area contributed by atoms with Crippen molar-refractivity contribution in [2.24, 2.45) is 5.73 Å². The normalized spacial score (nSPS) is 11.8. The van der Waals surface area contributed by atoms with E-state index < -0.39 is 0 Å². The van der Waals surface area contributed by atoms with Crippen LogP contribution in [0, 0.1) is 0 Å². The smallest absolute Gasteiger partial charge is 0.120 e. The predicted octanol–water partition coefficient (Wildman–Crippen LogP) is 1.20. The predicted molar refractivity (Wildman–Crippen MR) is 54.0 cm³/mol. The number of benzene rings is 1. The molecule has 0 aliphatic rings. The summed E-state index contributed by atoms with van der Waals surface area (Å²) in [5.41, 5.74) is 6.37. The molecule has 1 rings (SSSR count). The fraction of sp³-hybridized carbons (Fsp3) is 0.333. The van der Waals surface area contributed by atoms with Crippen molar-refractivity contribution in [2.45, 2.75) is 12.5 Å². The number of phenols is 1. The van der Waals surface area contributed by atoms with E-state index in [0.717, 1.165) is 0 Å². The lowest BCUT2D eigenvalue weighted by atomic mass is 10.0. The minimum Gasteiger partial charge on any atom is -0.508 e. The second-order valence-electron chi connectivity index (χ2n) is 2.68. The molecule has 1 atom stereocenters. The van der Waals surface area contributed by atoms with E-state index in [-0.39, 0.29) is 30.8 Å². The van der Waals surface area contributed by atoms with Crippen molar-refractivity contribution in [2.75, 3.05) is 6.61 Å². The molecule has 13 heavy (non-hydrogen) atoms. The summed E-state index contributed by atoms with van der Waals surface area (Å²) in [6.45, 7) is 0.0372. The summed E-state index contributed by atoms with van der Waals surface area (Å²) in [6, 6.07) is 6.62. The van der Waals surface area contributed by atoms with Gasteiger partial charge in [0, 0.05) is 18.2 Å². The maximum Gasteiger partial charge on any atom is 0.120 e. The summed E-state index contributed by atoms with van der Waals surface area (Å²) in [5.74, 6) is 0.193. The number of aliphatic hydroxyl groups excluding tert-OH is 1. The molecule has 0 aliphatic carbocycles. The maximum atomic E-state index is 9.35. The van der Waals surface area contributed by atoms with Gasteiger partial charge < -0.3 is 15.9 Å². The first-order valence-corrected chi connectivity index (χ1v) is 3.90. The molecule has 0 spiro atoms. The molecular weight excluding hydrogens is 190 g/mol. The SMILES string of the molecule is Cl.NC(CCO)c1ccccc1O. The Morgan fingerprint density at radius 2 is 1.92 bits per heavy atom. The fourth-order valence-electron chi connectivity index (χ4n) is 1.10. The Labute approximate surface area is 83.6 Å². The molecule has 0 aromatic heterocycles. The van der Waals surface area contributed by atoms with Gasteiger partial charge in [-0.05, 0) is 12.5 Å². The van der Waals surface area contributed by atoms with E-state index in [2.05, 4.69) is 0 Å². The Morgan fingerprint density at radius 3 is 2.46 bits per heavy atom. The van der Waals surface area contributed by atoms with Crippen molar-refractivity contribution in [3.63, 3.8) is 0 Å². The summed E-state index contributed by atoms with van der Waals surface area (Å²) in [6.07, 6.45) is 0.470. The zero-order chi connectivity index (χ0) is 8.97. The molecule has 4 heteroatoms. The zero-order valence-electron chi connectivity index (χ0n) is 7.18. The quantitative estimate of drug-likeness (QED) is 0.692. The van der Waals surface area contributed by atoms with E-state index >= 15 is 0 Å². The number of rotatable bonds is 3. The highest BCUT2D eigenvalue weighted by atomic mass is 35.5.